The largest absolute Gasteiger partial charge is 0.393 e. The van der Waals surface area contributed by atoms with Crippen molar-refractivity contribution in [3.63, 3.8) is 0 Å². The molecular weight excluding hydrogens is 259 g/mol. The Bertz CT molecular complexity index is 288. The van der Waals surface area contributed by atoms with Crippen LogP contribution in [0.3, 0.4) is 0 Å². The molecule has 4 nitrogen and oxygen atoms in total. The number of alkyl halides is 1. The Labute approximate surface area is 113 Å². The number of piperidine rings is 1. The molecule has 0 spiro atoms. The number of hydrogen-bond acceptors (Lipinski definition) is 3. The molecule has 0 aromatic rings. The fraction of sp³-hybridized carbons (Fsp3) is 0.917. The monoisotopic (exact) mass is 280 g/mol. The van der Waals surface area contributed by atoms with E-state index < -0.39 is 5.67 Å². The van der Waals surface area contributed by atoms with Crippen molar-refractivity contribution in [1.82, 2.24) is 10.2 Å². The van der Waals surface area contributed by atoms with Crippen LogP contribution in [0.25, 0.3) is 0 Å². The van der Waals surface area contributed by atoms with Crippen molar-refractivity contribution in [2.45, 2.75) is 38.0 Å². The average Bonchev–Trinajstić information content (AvgIpc) is 2.76. The van der Waals surface area contributed by atoms with E-state index in [1.165, 1.54) is 0 Å². The number of aliphatic hydroxyl groups is 1. The zero-order chi connectivity index (χ0) is 12.5. The van der Waals surface area contributed by atoms with Gasteiger partial charge in [0.15, 0.2) is 0 Å². The molecule has 1 amide bonds. The Morgan fingerprint density at radius 1 is 1.50 bits per heavy atom. The van der Waals surface area contributed by atoms with E-state index in [9.17, 15) is 14.3 Å². The summed E-state index contributed by atoms with van der Waals surface area (Å²) in [6, 6.07) is 0. The molecule has 0 aromatic carbocycles. The number of amides is 1. The lowest BCUT2D eigenvalue weighted by Gasteiger charge is -2.36. The molecule has 2 heterocycles. The highest BCUT2D eigenvalue weighted by molar-refractivity contribution is 5.86. The predicted molar refractivity (Wildman–Crippen MR) is 69.6 cm³/mol. The molecule has 106 valence electrons. The van der Waals surface area contributed by atoms with E-state index >= 15 is 0 Å². The third-order valence-electron chi connectivity index (χ3n) is 4.00. The first-order valence-electron chi connectivity index (χ1n) is 6.40. The van der Waals surface area contributed by atoms with E-state index in [1.54, 1.807) is 11.8 Å². The molecule has 0 aromatic heterocycles. The maximum Gasteiger partial charge on any atom is 0.261 e. The Morgan fingerprint density at radius 2 is 2.11 bits per heavy atom. The summed E-state index contributed by atoms with van der Waals surface area (Å²) in [6.45, 7) is 3.63. The lowest BCUT2D eigenvalue weighted by Crippen LogP contribution is -2.50. The van der Waals surface area contributed by atoms with E-state index in [1.807, 2.05) is 0 Å². The minimum Gasteiger partial charge on any atom is -0.393 e. The van der Waals surface area contributed by atoms with Crippen LogP contribution in [0, 0.1) is 5.92 Å². The quantitative estimate of drug-likeness (QED) is 0.784. The van der Waals surface area contributed by atoms with E-state index in [4.69, 9.17) is 0 Å². The average molecular weight is 281 g/mol. The van der Waals surface area contributed by atoms with E-state index in [0.717, 1.165) is 12.8 Å². The summed E-state index contributed by atoms with van der Waals surface area (Å²) in [5.74, 6) is -0.122. The van der Waals surface area contributed by atoms with Crippen LogP contribution in [0.15, 0.2) is 0 Å². The summed E-state index contributed by atoms with van der Waals surface area (Å²) in [5.41, 5.74) is -1.70. The molecule has 2 fully saturated rings. The van der Waals surface area contributed by atoms with Gasteiger partial charge in [-0.3, -0.25) is 4.79 Å². The molecule has 2 atom stereocenters. The number of carbonyl (C=O) groups excluding carboxylic acids is 1. The van der Waals surface area contributed by atoms with Gasteiger partial charge in [0, 0.05) is 26.1 Å². The zero-order valence-corrected chi connectivity index (χ0v) is 11.5. The van der Waals surface area contributed by atoms with Gasteiger partial charge in [-0.15, -0.1) is 12.4 Å². The fourth-order valence-electron chi connectivity index (χ4n) is 2.71. The first kappa shape index (κ1) is 15.7. The summed E-state index contributed by atoms with van der Waals surface area (Å²) in [5, 5.41) is 12.4. The number of likely N-dealkylation sites (tertiary alicyclic amines) is 1. The van der Waals surface area contributed by atoms with Gasteiger partial charge in [0.05, 0.1) is 6.10 Å². The first-order valence-corrected chi connectivity index (χ1v) is 6.40. The molecule has 2 aliphatic heterocycles. The minimum atomic E-state index is -1.70. The lowest BCUT2D eigenvalue weighted by molar-refractivity contribution is -0.144. The molecule has 0 bridgehead atoms. The molecule has 6 heteroatoms. The molecule has 0 saturated carbocycles. The summed E-state index contributed by atoms with van der Waals surface area (Å²) >= 11 is 0. The third kappa shape index (κ3) is 3.13. The molecule has 0 aliphatic carbocycles. The van der Waals surface area contributed by atoms with Crippen molar-refractivity contribution in [3.8, 4) is 0 Å². The molecule has 2 aliphatic rings. The summed E-state index contributed by atoms with van der Waals surface area (Å²) in [7, 11) is 0. The lowest BCUT2D eigenvalue weighted by atomic mass is 9.91. The van der Waals surface area contributed by atoms with Crippen LogP contribution in [0.2, 0.25) is 0 Å². The van der Waals surface area contributed by atoms with Gasteiger partial charge in [0.1, 0.15) is 0 Å². The van der Waals surface area contributed by atoms with Crippen LogP contribution in [0.1, 0.15) is 26.2 Å². The predicted octanol–water partition coefficient (Wildman–Crippen LogP) is 0.729. The maximum absolute atomic E-state index is 14.2. The Balaban J connectivity index is 0.00000162. The van der Waals surface area contributed by atoms with E-state index in [2.05, 4.69) is 5.32 Å². The molecule has 2 N–H and O–H groups in total. The minimum absolute atomic E-state index is 0. The van der Waals surface area contributed by atoms with Crippen LogP contribution in [-0.2, 0) is 4.79 Å². The van der Waals surface area contributed by atoms with Crippen molar-refractivity contribution >= 4 is 18.3 Å². The van der Waals surface area contributed by atoms with Gasteiger partial charge in [-0.1, -0.05) is 0 Å². The van der Waals surface area contributed by atoms with Crippen molar-refractivity contribution < 1.29 is 14.3 Å². The fourth-order valence-corrected chi connectivity index (χ4v) is 2.71. The number of aliphatic hydroxyl groups excluding tert-OH is 1. The van der Waals surface area contributed by atoms with Gasteiger partial charge in [0.2, 0.25) is 5.67 Å². The number of rotatable bonds is 2. The van der Waals surface area contributed by atoms with Crippen molar-refractivity contribution in [2.75, 3.05) is 26.2 Å². The molecule has 18 heavy (non-hydrogen) atoms. The van der Waals surface area contributed by atoms with Crippen LogP contribution in [-0.4, -0.2) is 53.9 Å². The normalized spacial score (nSPS) is 30.9. The second kappa shape index (κ2) is 6.17. The molecule has 0 radical (unpaired) electrons. The van der Waals surface area contributed by atoms with Gasteiger partial charge in [0.25, 0.3) is 5.91 Å². The second-order valence-corrected chi connectivity index (χ2v) is 5.26. The van der Waals surface area contributed by atoms with Gasteiger partial charge < -0.3 is 15.3 Å². The highest BCUT2D eigenvalue weighted by atomic mass is 35.5. The number of carbonyl (C=O) groups is 1. The summed E-state index contributed by atoms with van der Waals surface area (Å²) in [6.07, 6.45) is 1.49. The van der Waals surface area contributed by atoms with Gasteiger partial charge in [-0.05, 0) is 32.2 Å². The topological polar surface area (TPSA) is 52.6 Å². The van der Waals surface area contributed by atoms with Crippen LogP contribution < -0.4 is 5.32 Å². The summed E-state index contributed by atoms with van der Waals surface area (Å²) < 4.78 is 14.2. The Morgan fingerprint density at radius 3 is 2.56 bits per heavy atom. The Hall–Kier alpha value is -0.390. The Kier molecular flexibility index (Phi) is 5.37. The number of nitrogens with one attached hydrogen (secondary N) is 1. The highest BCUT2D eigenvalue weighted by Gasteiger charge is 2.44. The van der Waals surface area contributed by atoms with Crippen LogP contribution in [0.4, 0.5) is 4.39 Å². The maximum atomic E-state index is 14.2. The molecule has 2 saturated heterocycles. The number of halogens is 2. The molecular formula is C12H22ClFN2O2. The van der Waals surface area contributed by atoms with Crippen molar-refractivity contribution in [3.05, 3.63) is 0 Å². The van der Waals surface area contributed by atoms with Crippen molar-refractivity contribution in [1.29, 1.82) is 0 Å². The molecule has 2 rings (SSSR count). The van der Waals surface area contributed by atoms with Crippen molar-refractivity contribution in [2.24, 2.45) is 5.92 Å². The summed E-state index contributed by atoms with van der Waals surface area (Å²) in [4.78, 5) is 13.7. The smallest absolute Gasteiger partial charge is 0.261 e. The van der Waals surface area contributed by atoms with Gasteiger partial charge >= 0.3 is 0 Å². The van der Waals surface area contributed by atoms with Crippen LogP contribution >= 0.6 is 12.4 Å². The van der Waals surface area contributed by atoms with Gasteiger partial charge in [-0.25, -0.2) is 4.39 Å². The number of hydrogen-bond donors (Lipinski definition) is 2. The standard InChI is InChI=1S/C12H21FN2O2.ClH/c1-9(16)10-2-6-15(7-3-10)11(17)12(13)4-5-14-8-12;/h9-10,14,16H,2-8H2,1H3;1H. The molecule has 2 unspecified atom stereocenters. The zero-order valence-electron chi connectivity index (χ0n) is 10.7. The number of nitrogens with zero attached hydrogens (tertiary/aromatic N) is 1. The SMILES string of the molecule is CC(O)C1CCN(C(=O)C2(F)CCNC2)CC1.Cl. The highest BCUT2D eigenvalue weighted by Crippen LogP contribution is 2.27. The second-order valence-electron chi connectivity index (χ2n) is 5.26. The third-order valence-corrected chi connectivity index (χ3v) is 4.00. The van der Waals surface area contributed by atoms with Crippen LogP contribution in [0.5, 0.6) is 0 Å². The van der Waals surface area contributed by atoms with E-state index in [-0.39, 0.29) is 43.3 Å². The van der Waals surface area contributed by atoms with E-state index in [0.29, 0.717) is 19.6 Å². The van der Waals surface area contributed by atoms with Gasteiger partial charge in [-0.2, -0.15) is 0 Å². The first-order chi connectivity index (χ1) is 8.03.